The summed E-state index contributed by atoms with van der Waals surface area (Å²) in [5.74, 6) is -0.142. The number of nitrogen functional groups attached to an aromatic ring is 1. The fourth-order valence-electron chi connectivity index (χ4n) is 1.63. The zero-order chi connectivity index (χ0) is 14.4. The second kappa shape index (κ2) is 6.78. The highest BCUT2D eigenvalue weighted by molar-refractivity contribution is 6.01. The van der Waals surface area contributed by atoms with E-state index in [0.29, 0.717) is 23.7 Å². The Hall–Kier alpha value is -2.04. The Labute approximate surface area is 113 Å². The molecule has 0 radical (unpaired) electrons. The second-order valence-electron chi connectivity index (χ2n) is 4.92. The van der Waals surface area contributed by atoms with Gasteiger partial charge < -0.3 is 16.4 Å². The number of anilines is 1. The van der Waals surface area contributed by atoms with Crippen molar-refractivity contribution in [1.82, 2.24) is 10.6 Å². The van der Waals surface area contributed by atoms with Crippen LogP contribution in [0.3, 0.4) is 0 Å². The molecular formula is C14H21N3O2. The Morgan fingerprint density at radius 2 is 1.95 bits per heavy atom. The van der Waals surface area contributed by atoms with Gasteiger partial charge in [0.15, 0.2) is 0 Å². The fourth-order valence-corrected chi connectivity index (χ4v) is 1.63. The number of carbonyl (C=O) groups is 2. The first kappa shape index (κ1) is 15.0. The average Bonchev–Trinajstić information content (AvgIpc) is 2.33. The van der Waals surface area contributed by atoms with Crippen LogP contribution in [0.1, 0.15) is 29.8 Å². The molecule has 0 aromatic heterocycles. The van der Waals surface area contributed by atoms with Crippen LogP contribution in [-0.4, -0.2) is 24.9 Å². The molecule has 0 heterocycles. The van der Waals surface area contributed by atoms with Crippen LogP contribution in [0.25, 0.3) is 0 Å². The molecule has 1 aromatic rings. The standard InChI is InChI=1S/C14H21N3O2/c1-9(2)7-16-12(18)8-17-14(19)13-10(3)5-4-6-11(13)15/h4-6,9H,7-8,15H2,1-3H3,(H,16,18)(H,17,19). The van der Waals surface area contributed by atoms with Crippen molar-refractivity contribution >= 4 is 17.5 Å². The summed E-state index contributed by atoms with van der Waals surface area (Å²) in [6.45, 7) is 6.38. The highest BCUT2D eigenvalue weighted by Crippen LogP contribution is 2.15. The van der Waals surface area contributed by atoms with E-state index < -0.39 is 0 Å². The molecule has 2 amide bonds. The Morgan fingerprint density at radius 1 is 1.26 bits per heavy atom. The van der Waals surface area contributed by atoms with E-state index in [1.807, 2.05) is 26.8 Å². The van der Waals surface area contributed by atoms with Crippen molar-refractivity contribution in [3.05, 3.63) is 29.3 Å². The molecule has 4 N–H and O–H groups in total. The minimum Gasteiger partial charge on any atom is -0.398 e. The zero-order valence-electron chi connectivity index (χ0n) is 11.6. The summed E-state index contributed by atoms with van der Waals surface area (Å²) in [5, 5.41) is 5.31. The lowest BCUT2D eigenvalue weighted by atomic mass is 10.1. The van der Waals surface area contributed by atoms with Gasteiger partial charge in [-0.25, -0.2) is 0 Å². The van der Waals surface area contributed by atoms with Crippen LogP contribution in [0.4, 0.5) is 5.69 Å². The lowest BCUT2D eigenvalue weighted by Crippen LogP contribution is -2.38. The molecule has 0 unspecified atom stereocenters. The van der Waals surface area contributed by atoms with Crippen molar-refractivity contribution in [2.75, 3.05) is 18.8 Å². The van der Waals surface area contributed by atoms with E-state index in [0.717, 1.165) is 5.56 Å². The topological polar surface area (TPSA) is 84.2 Å². The van der Waals surface area contributed by atoms with Crippen molar-refractivity contribution in [1.29, 1.82) is 0 Å². The number of aryl methyl sites for hydroxylation is 1. The lowest BCUT2D eigenvalue weighted by Gasteiger charge is -2.11. The third-order valence-electron chi connectivity index (χ3n) is 2.65. The number of hydrogen-bond acceptors (Lipinski definition) is 3. The molecule has 19 heavy (non-hydrogen) atoms. The first-order chi connectivity index (χ1) is 8.91. The third-order valence-corrected chi connectivity index (χ3v) is 2.65. The summed E-state index contributed by atoms with van der Waals surface area (Å²) in [6.07, 6.45) is 0. The molecular weight excluding hydrogens is 242 g/mol. The average molecular weight is 263 g/mol. The maximum atomic E-state index is 12.0. The molecule has 0 atom stereocenters. The van der Waals surface area contributed by atoms with Gasteiger partial charge in [-0.15, -0.1) is 0 Å². The molecule has 0 spiro atoms. The molecule has 5 heteroatoms. The van der Waals surface area contributed by atoms with Crippen LogP contribution in [0.15, 0.2) is 18.2 Å². The van der Waals surface area contributed by atoms with Gasteiger partial charge in [0.25, 0.3) is 5.91 Å². The monoisotopic (exact) mass is 263 g/mol. The Balaban J connectivity index is 2.54. The predicted molar refractivity (Wildman–Crippen MR) is 75.8 cm³/mol. The maximum absolute atomic E-state index is 12.0. The van der Waals surface area contributed by atoms with Gasteiger partial charge in [-0.05, 0) is 24.5 Å². The molecule has 0 aliphatic heterocycles. The summed E-state index contributed by atoms with van der Waals surface area (Å²) in [6, 6.07) is 5.27. The normalized spacial score (nSPS) is 10.3. The Morgan fingerprint density at radius 3 is 2.53 bits per heavy atom. The van der Waals surface area contributed by atoms with E-state index in [1.165, 1.54) is 0 Å². The molecule has 0 bridgehead atoms. The van der Waals surface area contributed by atoms with E-state index in [-0.39, 0.29) is 18.4 Å². The molecule has 5 nitrogen and oxygen atoms in total. The maximum Gasteiger partial charge on any atom is 0.254 e. The van der Waals surface area contributed by atoms with Gasteiger partial charge in [-0.3, -0.25) is 9.59 Å². The van der Waals surface area contributed by atoms with Crippen LogP contribution in [0.5, 0.6) is 0 Å². The third kappa shape index (κ3) is 4.62. The van der Waals surface area contributed by atoms with Gasteiger partial charge in [-0.2, -0.15) is 0 Å². The summed E-state index contributed by atoms with van der Waals surface area (Å²) >= 11 is 0. The zero-order valence-corrected chi connectivity index (χ0v) is 11.6. The highest BCUT2D eigenvalue weighted by Gasteiger charge is 2.13. The molecule has 0 saturated heterocycles. The van der Waals surface area contributed by atoms with Crippen molar-refractivity contribution in [3.8, 4) is 0 Å². The molecule has 104 valence electrons. The quantitative estimate of drug-likeness (QED) is 0.695. The molecule has 1 rings (SSSR count). The molecule has 1 aromatic carbocycles. The fraction of sp³-hybridized carbons (Fsp3) is 0.429. The largest absolute Gasteiger partial charge is 0.398 e. The van der Waals surface area contributed by atoms with Gasteiger partial charge in [0, 0.05) is 12.2 Å². The first-order valence-corrected chi connectivity index (χ1v) is 6.31. The Kier molecular flexibility index (Phi) is 5.36. The Bertz CT molecular complexity index is 450. The number of carbonyl (C=O) groups excluding carboxylic acids is 2. The van der Waals surface area contributed by atoms with E-state index >= 15 is 0 Å². The van der Waals surface area contributed by atoms with Crippen LogP contribution in [0.2, 0.25) is 0 Å². The predicted octanol–water partition coefficient (Wildman–Crippen LogP) is 1.08. The number of hydrogen-bond donors (Lipinski definition) is 3. The first-order valence-electron chi connectivity index (χ1n) is 6.31. The highest BCUT2D eigenvalue weighted by atomic mass is 16.2. The number of benzene rings is 1. The van der Waals surface area contributed by atoms with Gasteiger partial charge in [0.2, 0.25) is 5.91 Å². The smallest absolute Gasteiger partial charge is 0.254 e. The number of nitrogens with two attached hydrogens (primary N) is 1. The lowest BCUT2D eigenvalue weighted by molar-refractivity contribution is -0.120. The van der Waals surface area contributed by atoms with Crippen LogP contribution in [0, 0.1) is 12.8 Å². The number of amides is 2. The molecule has 0 saturated carbocycles. The van der Waals surface area contributed by atoms with Crippen molar-refractivity contribution in [3.63, 3.8) is 0 Å². The van der Waals surface area contributed by atoms with Crippen LogP contribution in [-0.2, 0) is 4.79 Å². The van der Waals surface area contributed by atoms with E-state index in [1.54, 1.807) is 12.1 Å². The van der Waals surface area contributed by atoms with E-state index in [9.17, 15) is 9.59 Å². The summed E-state index contributed by atoms with van der Waals surface area (Å²) < 4.78 is 0. The van der Waals surface area contributed by atoms with Crippen LogP contribution >= 0.6 is 0 Å². The van der Waals surface area contributed by atoms with Crippen molar-refractivity contribution in [2.24, 2.45) is 5.92 Å². The molecule has 0 fully saturated rings. The van der Waals surface area contributed by atoms with Crippen molar-refractivity contribution < 1.29 is 9.59 Å². The second-order valence-corrected chi connectivity index (χ2v) is 4.92. The van der Waals surface area contributed by atoms with E-state index in [4.69, 9.17) is 5.73 Å². The van der Waals surface area contributed by atoms with Gasteiger partial charge in [0.05, 0.1) is 12.1 Å². The minimum absolute atomic E-state index is 0.0423. The number of rotatable bonds is 5. The number of nitrogens with one attached hydrogen (secondary N) is 2. The SMILES string of the molecule is Cc1cccc(N)c1C(=O)NCC(=O)NCC(C)C. The van der Waals surface area contributed by atoms with E-state index in [2.05, 4.69) is 10.6 Å². The summed E-state index contributed by atoms with van der Waals surface area (Å²) in [4.78, 5) is 23.5. The van der Waals surface area contributed by atoms with Gasteiger partial charge in [-0.1, -0.05) is 26.0 Å². The van der Waals surface area contributed by atoms with Gasteiger partial charge >= 0.3 is 0 Å². The summed E-state index contributed by atoms with van der Waals surface area (Å²) in [7, 11) is 0. The van der Waals surface area contributed by atoms with Crippen LogP contribution < -0.4 is 16.4 Å². The molecule has 0 aliphatic carbocycles. The minimum atomic E-state index is -0.324. The summed E-state index contributed by atoms with van der Waals surface area (Å²) in [5.41, 5.74) is 7.40. The van der Waals surface area contributed by atoms with Gasteiger partial charge in [0.1, 0.15) is 0 Å². The molecule has 0 aliphatic rings. The van der Waals surface area contributed by atoms with Crippen molar-refractivity contribution in [2.45, 2.75) is 20.8 Å².